The van der Waals surface area contributed by atoms with E-state index in [4.69, 9.17) is 9.88 Å². The number of aromatic nitrogens is 1. The molecule has 1 aliphatic heterocycles. The summed E-state index contributed by atoms with van der Waals surface area (Å²) >= 11 is 1.09. The fourth-order valence-corrected chi connectivity index (χ4v) is 3.34. The second kappa shape index (κ2) is 5.35. The Morgan fingerprint density at radius 2 is 2.50 bits per heavy atom. The van der Waals surface area contributed by atoms with Gasteiger partial charge in [-0.25, -0.2) is 18.5 Å². The van der Waals surface area contributed by atoms with E-state index in [1.165, 1.54) is 6.20 Å². The predicted molar refractivity (Wildman–Crippen MR) is 70.3 cm³/mol. The molecule has 1 aromatic rings. The van der Waals surface area contributed by atoms with Gasteiger partial charge in [0.1, 0.15) is 0 Å². The van der Waals surface area contributed by atoms with Crippen molar-refractivity contribution in [3.63, 3.8) is 0 Å². The quantitative estimate of drug-likeness (QED) is 0.801. The number of primary sulfonamides is 1. The van der Waals surface area contributed by atoms with Crippen LogP contribution in [0.5, 0.6) is 0 Å². The third-order valence-corrected chi connectivity index (χ3v) is 5.08. The van der Waals surface area contributed by atoms with Crippen LogP contribution in [0.2, 0.25) is 0 Å². The summed E-state index contributed by atoms with van der Waals surface area (Å²) in [5.41, 5.74) is 0. The van der Waals surface area contributed by atoms with E-state index in [-0.39, 0.29) is 10.3 Å². The van der Waals surface area contributed by atoms with Crippen LogP contribution in [-0.2, 0) is 14.8 Å². The first kappa shape index (κ1) is 13.5. The first-order valence-electron chi connectivity index (χ1n) is 5.47. The van der Waals surface area contributed by atoms with Crippen molar-refractivity contribution in [2.75, 3.05) is 24.6 Å². The van der Waals surface area contributed by atoms with Crippen molar-refractivity contribution in [2.45, 2.75) is 16.7 Å². The number of sulfonamides is 1. The number of rotatable bonds is 5. The van der Waals surface area contributed by atoms with Gasteiger partial charge >= 0.3 is 0 Å². The average Bonchev–Trinajstić information content (AvgIpc) is 2.93. The molecule has 2 rings (SSSR count). The van der Waals surface area contributed by atoms with Crippen molar-refractivity contribution < 1.29 is 13.2 Å². The van der Waals surface area contributed by atoms with Gasteiger partial charge in [0.05, 0.1) is 18.9 Å². The van der Waals surface area contributed by atoms with Crippen LogP contribution >= 0.6 is 11.3 Å². The summed E-state index contributed by atoms with van der Waals surface area (Å²) in [5, 5.41) is 5.72. The molecular weight excluding hydrogens is 274 g/mol. The summed E-state index contributed by atoms with van der Waals surface area (Å²) in [7, 11) is -3.65. The lowest BCUT2D eigenvalue weighted by Gasteiger charge is -2.14. The lowest BCUT2D eigenvalue weighted by Crippen LogP contribution is -2.22. The monoisotopic (exact) mass is 289 g/mol. The molecule has 1 saturated heterocycles. The molecule has 0 saturated carbocycles. The zero-order valence-electron chi connectivity index (χ0n) is 9.78. The van der Waals surface area contributed by atoms with E-state index in [1.807, 2.05) is 4.90 Å². The van der Waals surface area contributed by atoms with Gasteiger partial charge < -0.3 is 9.64 Å². The molecule has 18 heavy (non-hydrogen) atoms. The van der Waals surface area contributed by atoms with E-state index in [9.17, 15) is 8.42 Å². The zero-order chi connectivity index (χ0) is 13.2. The van der Waals surface area contributed by atoms with Crippen molar-refractivity contribution in [3.05, 3.63) is 18.9 Å². The average molecular weight is 289 g/mol. The number of nitrogens with two attached hydrogens (primary N) is 1. The number of hydrogen-bond acceptors (Lipinski definition) is 6. The minimum atomic E-state index is -3.65. The molecule has 0 aromatic carbocycles. The molecule has 0 radical (unpaired) electrons. The van der Waals surface area contributed by atoms with Gasteiger partial charge in [0.2, 0.25) is 10.0 Å². The molecule has 1 aliphatic rings. The normalized spacial score (nSPS) is 20.3. The molecule has 1 unspecified atom stereocenters. The topological polar surface area (TPSA) is 85.5 Å². The number of nitrogens with zero attached hydrogens (tertiary/aromatic N) is 2. The fraction of sp³-hybridized carbons (Fsp3) is 0.500. The van der Waals surface area contributed by atoms with Gasteiger partial charge in [-0.2, -0.15) is 0 Å². The highest BCUT2D eigenvalue weighted by atomic mass is 32.2. The van der Waals surface area contributed by atoms with Crippen LogP contribution in [0.4, 0.5) is 5.13 Å². The van der Waals surface area contributed by atoms with Crippen molar-refractivity contribution >= 4 is 26.5 Å². The summed E-state index contributed by atoms with van der Waals surface area (Å²) in [5.74, 6) is 0. The molecule has 1 aromatic heterocycles. The molecule has 100 valence electrons. The third kappa shape index (κ3) is 3.08. The van der Waals surface area contributed by atoms with E-state index in [2.05, 4.69) is 11.6 Å². The third-order valence-electron chi connectivity index (χ3n) is 2.62. The highest BCUT2D eigenvalue weighted by Gasteiger charge is 2.26. The highest BCUT2D eigenvalue weighted by molar-refractivity contribution is 7.91. The van der Waals surface area contributed by atoms with Crippen LogP contribution in [0.1, 0.15) is 6.42 Å². The van der Waals surface area contributed by atoms with Crippen molar-refractivity contribution in [1.82, 2.24) is 4.98 Å². The van der Waals surface area contributed by atoms with E-state index >= 15 is 0 Å². The summed E-state index contributed by atoms with van der Waals surface area (Å²) < 4.78 is 28.0. The Balaban J connectivity index is 2.01. The van der Waals surface area contributed by atoms with E-state index in [0.29, 0.717) is 18.3 Å². The van der Waals surface area contributed by atoms with Crippen molar-refractivity contribution in [2.24, 2.45) is 5.14 Å². The van der Waals surface area contributed by atoms with Gasteiger partial charge in [0, 0.05) is 13.1 Å². The Labute approximate surface area is 110 Å². The van der Waals surface area contributed by atoms with Crippen molar-refractivity contribution in [3.8, 4) is 0 Å². The van der Waals surface area contributed by atoms with Crippen LogP contribution in [0.3, 0.4) is 0 Å². The van der Waals surface area contributed by atoms with Gasteiger partial charge in [-0.1, -0.05) is 17.4 Å². The molecular formula is C10H15N3O3S2. The summed E-state index contributed by atoms with van der Waals surface area (Å²) in [6.07, 6.45) is 4.06. The largest absolute Gasteiger partial charge is 0.372 e. The van der Waals surface area contributed by atoms with Gasteiger partial charge in [-0.3, -0.25) is 0 Å². The van der Waals surface area contributed by atoms with Gasteiger partial charge in [0.25, 0.3) is 0 Å². The van der Waals surface area contributed by atoms with Crippen LogP contribution in [-0.4, -0.2) is 39.2 Å². The standard InChI is InChI=1S/C10H15N3O3S2/c1-2-5-16-8-3-4-13(7-8)10-12-6-9(17-10)18(11,14)15/h2,6,8H,1,3-5,7H2,(H2,11,14,15). The Morgan fingerprint density at radius 3 is 3.11 bits per heavy atom. The molecule has 6 nitrogen and oxygen atoms in total. The highest BCUT2D eigenvalue weighted by Crippen LogP contribution is 2.28. The summed E-state index contributed by atoms with van der Waals surface area (Å²) in [6, 6.07) is 0. The molecule has 8 heteroatoms. The van der Waals surface area contributed by atoms with Crippen LogP contribution < -0.4 is 10.0 Å². The second-order valence-corrected chi connectivity index (χ2v) is 6.78. The number of anilines is 1. The molecule has 2 N–H and O–H groups in total. The molecule has 0 spiro atoms. The maximum absolute atomic E-state index is 11.2. The summed E-state index contributed by atoms with van der Waals surface area (Å²) in [4.78, 5) is 6.10. The minimum Gasteiger partial charge on any atom is -0.372 e. The lowest BCUT2D eigenvalue weighted by molar-refractivity contribution is 0.0909. The number of ether oxygens (including phenoxy) is 1. The molecule has 0 amide bonds. The maximum Gasteiger partial charge on any atom is 0.249 e. The molecule has 2 heterocycles. The maximum atomic E-state index is 11.2. The Hall–Kier alpha value is -0.960. The lowest BCUT2D eigenvalue weighted by atomic mass is 10.3. The number of hydrogen-bond donors (Lipinski definition) is 1. The SMILES string of the molecule is C=CCOC1CCN(c2ncc(S(N)(=O)=O)s2)C1. The van der Waals surface area contributed by atoms with E-state index in [0.717, 1.165) is 24.3 Å². The van der Waals surface area contributed by atoms with Gasteiger partial charge in [0.15, 0.2) is 9.34 Å². The molecule has 0 aliphatic carbocycles. The summed E-state index contributed by atoms with van der Waals surface area (Å²) in [6.45, 7) is 5.64. The Morgan fingerprint density at radius 1 is 1.72 bits per heavy atom. The first-order chi connectivity index (χ1) is 8.50. The van der Waals surface area contributed by atoms with Crippen LogP contribution in [0.25, 0.3) is 0 Å². The second-order valence-electron chi connectivity index (χ2n) is 3.99. The molecule has 1 atom stereocenters. The fourth-order valence-electron chi connectivity index (χ4n) is 1.77. The smallest absolute Gasteiger partial charge is 0.249 e. The Kier molecular flexibility index (Phi) is 4.00. The van der Waals surface area contributed by atoms with Gasteiger partial charge in [-0.15, -0.1) is 6.58 Å². The predicted octanol–water partition coefficient (Wildman–Crippen LogP) is 0.572. The van der Waals surface area contributed by atoms with Gasteiger partial charge in [-0.05, 0) is 6.42 Å². The number of thiazole rings is 1. The minimum absolute atomic E-state index is 0.0907. The first-order valence-corrected chi connectivity index (χ1v) is 7.83. The van der Waals surface area contributed by atoms with Crippen molar-refractivity contribution in [1.29, 1.82) is 0 Å². The Bertz CT molecular complexity index is 526. The van der Waals surface area contributed by atoms with Crippen LogP contribution in [0, 0.1) is 0 Å². The zero-order valence-corrected chi connectivity index (χ0v) is 11.4. The van der Waals surface area contributed by atoms with Crippen LogP contribution in [0.15, 0.2) is 23.1 Å². The molecule has 0 bridgehead atoms. The van der Waals surface area contributed by atoms with E-state index < -0.39 is 10.0 Å². The molecule has 1 fully saturated rings. The van der Waals surface area contributed by atoms with E-state index in [1.54, 1.807) is 6.08 Å².